The lowest BCUT2D eigenvalue weighted by Crippen LogP contribution is -1.72. The molecule has 1 aromatic carbocycles. The molecule has 0 aliphatic rings. The third-order valence-electron chi connectivity index (χ3n) is 1.51. The molecule has 2 aromatic rings. The van der Waals surface area contributed by atoms with E-state index in [1.165, 1.54) is 17.4 Å². The molecular weight excluding hydrogens is 263 g/mol. The van der Waals surface area contributed by atoms with Crippen molar-refractivity contribution < 1.29 is 4.39 Å². The van der Waals surface area contributed by atoms with Gasteiger partial charge in [0.1, 0.15) is 5.82 Å². The molecule has 1 aromatic heterocycles. The van der Waals surface area contributed by atoms with E-state index in [0.29, 0.717) is 9.04 Å². The summed E-state index contributed by atoms with van der Waals surface area (Å²) in [4.78, 5) is 0. The molecule has 0 amide bonds. The minimum absolute atomic E-state index is 0.226. The van der Waals surface area contributed by atoms with Crippen molar-refractivity contribution in [2.75, 3.05) is 0 Å². The molecule has 0 saturated carbocycles. The van der Waals surface area contributed by atoms with Gasteiger partial charge in [0, 0.05) is 4.47 Å². The molecular formula is C8H3BrClFS. The standard InChI is InChI=1S/C8H3BrClFS/c9-5-1-4-2-7(10)12-8(4)6(11)3-5/h1-3H. The molecule has 4 heteroatoms. The highest BCUT2D eigenvalue weighted by atomic mass is 79.9. The van der Waals surface area contributed by atoms with Gasteiger partial charge in [0.2, 0.25) is 0 Å². The Kier molecular flexibility index (Phi) is 2.10. The monoisotopic (exact) mass is 264 g/mol. The van der Waals surface area contributed by atoms with E-state index in [1.807, 2.05) is 6.07 Å². The average Bonchev–Trinajstić information content (AvgIpc) is 2.29. The summed E-state index contributed by atoms with van der Waals surface area (Å²) in [7, 11) is 0. The number of halogens is 3. The van der Waals surface area contributed by atoms with Crippen molar-refractivity contribution in [2.45, 2.75) is 0 Å². The molecule has 2 rings (SSSR count). The number of hydrogen-bond donors (Lipinski definition) is 0. The summed E-state index contributed by atoms with van der Waals surface area (Å²) in [5.74, 6) is -0.226. The van der Waals surface area contributed by atoms with Crippen molar-refractivity contribution >= 4 is 49.0 Å². The van der Waals surface area contributed by atoms with Crippen LogP contribution in [0.15, 0.2) is 22.7 Å². The van der Waals surface area contributed by atoms with Crippen molar-refractivity contribution in [1.82, 2.24) is 0 Å². The summed E-state index contributed by atoms with van der Waals surface area (Å²) in [6, 6.07) is 5.05. The molecule has 0 unspecified atom stereocenters. The molecule has 0 radical (unpaired) electrons. The predicted octanol–water partition coefficient (Wildman–Crippen LogP) is 4.46. The molecule has 12 heavy (non-hydrogen) atoms. The highest BCUT2D eigenvalue weighted by Gasteiger charge is 2.05. The fourth-order valence-electron chi connectivity index (χ4n) is 1.04. The summed E-state index contributed by atoms with van der Waals surface area (Å²) in [6.45, 7) is 0. The quantitative estimate of drug-likeness (QED) is 0.660. The van der Waals surface area contributed by atoms with E-state index in [9.17, 15) is 4.39 Å². The Morgan fingerprint density at radius 2 is 2.08 bits per heavy atom. The predicted molar refractivity (Wildman–Crippen MR) is 54.5 cm³/mol. The number of fused-ring (bicyclic) bond motifs is 1. The lowest BCUT2D eigenvalue weighted by Gasteiger charge is -1.92. The molecule has 0 spiro atoms. The number of hydrogen-bond acceptors (Lipinski definition) is 1. The van der Waals surface area contributed by atoms with Crippen LogP contribution >= 0.6 is 38.9 Å². The third kappa shape index (κ3) is 1.37. The van der Waals surface area contributed by atoms with E-state index < -0.39 is 0 Å². The van der Waals surface area contributed by atoms with Crippen LogP contribution in [0.4, 0.5) is 4.39 Å². The Bertz CT molecular complexity index is 438. The van der Waals surface area contributed by atoms with Gasteiger partial charge in [-0.25, -0.2) is 4.39 Å². The molecule has 0 aliphatic heterocycles. The lowest BCUT2D eigenvalue weighted by molar-refractivity contribution is 0.641. The smallest absolute Gasteiger partial charge is 0.142 e. The van der Waals surface area contributed by atoms with Gasteiger partial charge < -0.3 is 0 Å². The van der Waals surface area contributed by atoms with Gasteiger partial charge in [-0.2, -0.15) is 0 Å². The maximum atomic E-state index is 13.2. The van der Waals surface area contributed by atoms with E-state index in [4.69, 9.17) is 11.6 Å². The summed E-state index contributed by atoms with van der Waals surface area (Å²) in [5, 5.41) is 0.844. The van der Waals surface area contributed by atoms with Crippen LogP contribution in [0.25, 0.3) is 10.1 Å². The molecule has 0 N–H and O–H groups in total. The van der Waals surface area contributed by atoms with Gasteiger partial charge >= 0.3 is 0 Å². The fourth-order valence-corrected chi connectivity index (χ4v) is 2.61. The number of rotatable bonds is 0. The second-order valence-corrected chi connectivity index (χ2v) is 4.96. The SMILES string of the molecule is Fc1cc(Br)cc2cc(Cl)sc12. The van der Waals surface area contributed by atoms with Gasteiger partial charge in [-0.1, -0.05) is 27.5 Å². The lowest BCUT2D eigenvalue weighted by atomic mass is 10.3. The Morgan fingerprint density at radius 3 is 2.83 bits per heavy atom. The van der Waals surface area contributed by atoms with Crippen LogP contribution in [0.5, 0.6) is 0 Å². The highest BCUT2D eigenvalue weighted by Crippen LogP contribution is 2.33. The zero-order chi connectivity index (χ0) is 8.72. The highest BCUT2D eigenvalue weighted by molar-refractivity contribution is 9.10. The summed E-state index contributed by atoms with van der Waals surface area (Å²) in [6.07, 6.45) is 0. The Labute approximate surface area is 86.1 Å². The Hall–Kier alpha value is -0.120. The van der Waals surface area contributed by atoms with Crippen molar-refractivity contribution in [3.05, 3.63) is 32.8 Å². The van der Waals surface area contributed by atoms with Gasteiger partial charge in [-0.15, -0.1) is 11.3 Å². The second kappa shape index (κ2) is 2.98. The van der Waals surface area contributed by atoms with Crippen LogP contribution in [0.3, 0.4) is 0 Å². The van der Waals surface area contributed by atoms with Gasteiger partial charge in [0.15, 0.2) is 0 Å². The van der Waals surface area contributed by atoms with Crippen LogP contribution < -0.4 is 0 Å². The molecule has 0 saturated heterocycles. The first-order chi connectivity index (χ1) is 5.66. The van der Waals surface area contributed by atoms with E-state index in [2.05, 4.69) is 15.9 Å². The summed E-state index contributed by atoms with van der Waals surface area (Å²) < 4.78 is 15.1. The summed E-state index contributed by atoms with van der Waals surface area (Å²) in [5.41, 5.74) is 0. The molecule has 0 bridgehead atoms. The zero-order valence-corrected chi connectivity index (χ0v) is 8.93. The normalized spacial score (nSPS) is 10.9. The van der Waals surface area contributed by atoms with E-state index in [1.54, 1.807) is 6.07 Å². The molecule has 1 heterocycles. The topological polar surface area (TPSA) is 0 Å². The molecule has 0 aliphatic carbocycles. The molecule has 62 valence electrons. The van der Waals surface area contributed by atoms with Gasteiger partial charge in [-0.3, -0.25) is 0 Å². The van der Waals surface area contributed by atoms with Crippen LogP contribution in [0, 0.1) is 5.82 Å². The molecule has 0 atom stereocenters. The second-order valence-electron chi connectivity index (χ2n) is 2.36. The Balaban J connectivity index is 2.88. The van der Waals surface area contributed by atoms with Gasteiger partial charge in [0.05, 0.1) is 9.04 Å². The van der Waals surface area contributed by atoms with Crippen LogP contribution in [-0.4, -0.2) is 0 Å². The van der Waals surface area contributed by atoms with E-state index >= 15 is 0 Å². The fraction of sp³-hybridized carbons (Fsp3) is 0. The third-order valence-corrected chi connectivity index (χ3v) is 3.25. The van der Waals surface area contributed by atoms with Crippen LogP contribution in [0.2, 0.25) is 4.34 Å². The van der Waals surface area contributed by atoms with Crippen molar-refractivity contribution in [3.63, 3.8) is 0 Å². The average molecular weight is 266 g/mol. The maximum absolute atomic E-state index is 13.2. The van der Waals surface area contributed by atoms with Gasteiger partial charge in [-0.05, 0) is 23.6 Å². The van der Waals surface area contributed by atoms with Crippen molar-refractivity contribution in [3.8, 4) is 0 Å². The van der Waals surface area contributed by atoms with Gasteiger partial charge in [0.25, 0.3) is 0 Å². The first-order valence-corrected chi connectivity index (χ1v) is 5.19. The number of thiophene rings is 1. The minimum atomic E-state index is -0.226. The first kappa shape index (κ1) is 8.48. The maximum Gasteiger partial charge on any atom is 0.142 e. The van der Waals surface area contributed by atoms with E-state index in [0.717, 1.165) is 9.86 Å². The van der Waals surface area contributed by atoms with Crippen LogP contribution in [-0.2, 0) is 0 Å². The largest absolute Gasteiger partial charge is 0.205 e. The Morgan fingerprint density at radius 1 is 1.33 bits per heavy atom. The summed E-state index contributed by atoms with van der Waals surface area (Å²) >= 11 is 10.2. The minimum Gasteiger partial charge on any atom is -0.205 e. The molecule has 0 fully saturated rings. The number of benzene rings is 1. The molecule has 0 nitrogen and oxygen atoms in total. The zero-order valence-electron chi connectivity index (χ0n) is 5.77. The first-order valence-electron chi connectivity index (χ1n) is 3.21. The van der Waals surface area contributed by atoms with Crippen molar-refractivity contribution in [1.29, 1.82) is 0 Å². The van der Waals surface area contributed by atoms with Crippen LogP contribution in [0.1, 0.15) is 0 Å². The van der Waals surface area contributed by atoms with E-state index in [-0.39, 0.29) is 5.82 Å². The van der Waals surface area contributed by atoms with Crippen molar-refractivity contribution in [2.24, 2.45) is 0 Å².